The van der Waals surface area contributed by atoms with Crippen LogP contribution in [0.4, 0.5) is 19.0 Å². The highest BCUT2D eigenvalue weighted by Crippen LogP contribution is 2.31. The number of benzene rings is 1. The molecule has 11 heteroatoms. The number of aromatic nitrogens is 1. The number of nitrogens with one attached hydrogen (secondary N) is 1. The van der Waals surface area contributed by atoms with Gasteiger partial charge >= 0.3 is 6.18 Å². The van der Waals surface area contributed by atoms with E-state index in [0.717, 1.165) is 28.6 Å². The predicted octanol–water partition coefficient (Wildman–Crippen LogP) is 5.06. The third kappa shape index (κ3) is 6.05. The highest BCUT2D eigenvalue weighted by molar-refractivity contribution is 9.10. The summed E-state index contributed by atoms with van der Waals surface area (Å²) in [6.07, 6.45) is -2.48. The molecule has 0 atom stereocenters. The molecule has 0 spiro atoms. The molecule has 0 bridgehead atoms. The lowest BCUT2D eigenvalue weighted by Gasteiger charge is -2.22. The van der Waals surface area contributed by atoms with E-state index >= 15 is 0 Å². The standard InChI is InChI=1S/C20H23BrF3N3O3S/c1-5-19(2,3)18(28)26-17-10-13(16(21)11-25-17)12-27(4)31(29,30)15-8-6-14(7-9-15)20(22,23)24/h6-11H,5,12H2,1-4H3,(H,25,26,28). The minimum absolute atomic E-state index is 0.0908. The second kappa shape index (κ2) is 9.25. The van der Waals surface area contributed by atoms with Crippen molar-refractivity contribution >= 4 is 37.7 Å². The fourth-order valence-corrected chi connectivity index (χ4v) is 3.93. The van der Waals surface area contributed by atoms with Crippen LogP contribution in [0.15, 0.2) is 45.9 Å². The van der Waals surface area contributed by atoms with Gasteiger partial charge in [0.25, 0.3) is 0 Å². The summed E-state index contributed by atoms with van der Waals surface area (Å²) >= 11 is 3.31. The Bertz CT molecular complexity index is 1060. The van der Waals surface area contributed by atoms with Crippen LogP contribution < -0.4 is 5.32 Å². The van der Waals surface area contributed by atoms with Crippen molar-refractivity contribution in [3.63, 3.8) is 0 Å². The molecule has 1 heterocycles. The van der Waals surface area contributed by atoms with E-state index in [-0.39, 0.29) is 23.2 Å². The van der Waals surface area contributed by atoms with Crippen molar-refractivity contribution < 1.29 is 26.4 Å². The average Bonchev–Trinajstić information content (AvgIpc) is 2.69. The van der Waals surface area contributed by atoms with Crippen LogP contribution in [0.25, 0.3) is 0 Å². The Balaban J connectivity index is 2.24. The van der Waals surface area contributed by atoms with E-state index < -0.39 is 27.2 Å². The topological polar surface area (TPSA) is 79.4 Å². The van der Waals surface area contributed by atoms with Crippen LogP contribution in [-0.4, -0.2) is 30.7 Å². The van der Waals surface area contributed by atoms with E-state index in [1.165, 1.54) is 13.2 Å². The maximum absolute atomic E-state index is 12.8. The number of rotatable bonds is 7. The summed E-state index contributed by atoms with van der Waals surface area (Å²) < 4.78 is 65.3. The van der Waals surface area contributed by atoms with Crippen molar-refractivity contribution in [1.29, 1.82) is 0 Å². The SMILES string of the molecule is CCC(C)(C)C(=O)Nc1cc(CN(C)S(=O)(=O)c2ccc(C(F)(F)F)cc2)c(Br)cn1. The number of anilines is 1. The van der Waals surface area contributed by atoms with Gasteiger partial charge in [-0.05, 0) is 58.2 Å². The van der Waals surface area contributed by atoms with E-state index in [1.54, 1.807) is 19.9 Å². The Morgan fingerprint density at radius 3 is 2.29 bits per heavy atom. The van der Waals surface area contributed by atoms with Gasteiger partial charge in [-0.1, -0.05) is 20.8 Å². The molecule has 0 radical (unpaired) electrons. The van der Waals surface area contributed by atoms with Crippen LogP contribution in [0.1, 0.15) is 38.3 Å². The van der Waals surface area contributed by atoms with E-state index in [2.05, 4.69) is 26.2 Å². The Kier molecular flexibility index (Phi) is 7.55. The van der Waals surface area contributed by atoms with Gasteiger partial charge in [-0.3, -0.25) is 4.79 Å². The van der Waals surface area contributed by atoms with Crippen LogP contribution >= 0.6 is 15.9 Å². The molecule has 0 aliphatic carbocycles. The Hall–Kier alpha value is -1.98. The number of amides is 1. The molecule has 170 valence electrons. The summed E-state index contributed by atoms with van der Waals surface area (Å²) in [5, 5.41) is 2.72. The molecule has 1 amide bonds. The molecule has 0 fully saturated rings. The molecule has 2 aromatic rings. The van der Waals surface area contributed by atoms with Crippen molar-refractivity contribution in [3.05, 3.63) is 52.1 Å². The summed E-state index contributed by atoms with van der Waals surface area (Å²) in [5.41, 5.74) is -1.00. The molecule has 31 heavy (non-hydrogen) atoms. The van der Waals surface area contributed by atoms with Gasteiger partial charge in [-0.15, -0.1) is 0 Å². The Labute approximate surface area is 188 Å². The predicted molar refractivity (Wildman–Crippen MR) is 115 cm³/mol. The van der Waals surface area contributed by atoms with E-state index in [9.17, 15) is 26.4 Å². The fourth-order valence-electron chi connectivity index (χ4n) is 2.44. The number of sulfonamides is 1. The van der Waals surface area contributed by atoms with E-state index in [1.807, 2.05) is 6.92 Å². The smallest absolute Gasteiger partial charge is 0.310 e. The second-order valence-corrected chi connectivity index (χ2v) is 10.5. The van der Waals surface area contributed by atoms with Gasteiger partial charge in [0.2, 0.25) is 15.9 Å². The van der Waals surface area contributed by atoms with Crippen LogP contribution in [0.3, 0.4) is 0 Å². The second-order valence-electron chi connectivity index (χ2n) is 7.64. The summed E-state index contributed by atoms with van der Waals surface area (Å²) in [6, 6.07) is 4.86. The number of hydrogen-bond acceptors (Lipinski definition) is 4. The molecule has 6 nitrogen and oxygen atoms in total. The number of alkyl halides is 3. The first-order chi connectivity index (χ1) is 14.2. The van der Waals surface area contributed by atoms with Crippen molar-refractivity contribution in [2.75, 3.05) is 12.4 Å². The van der Waals surface area contributed by atoms with Gasteiger partial charge in [0.15, 0.2) is 0 Å². The highest BCUT2D eigenvalue weighted by atomic mass is 79.9. The molecule has 0 aliphatic heterocycles. The zero-order chi connectivity index (χ0) is 23.6. The summed E-state index contributed by atoms with van der Waals surface area (Å²) in [4.78, 5) is 16.3. The normalized spacial score (nSPS) is 12.8. The van der Waals surface area contributed by atoms with Gasteiger partial charge in [-0.2, -0.15) is 17.5 Å². The highest BCUT2D eigenvalue weighted by Gasteiger charge is 2.31. The number of carbonyl (C=O) groups excluding carboxylic acids is 1. The summed E-state index contributed by atoms with van der Waals surface area (Å²) in [7, 11) is -2.72. The number of carbonyl (C=O) groups is 1. The quantitative estimate of drug-likeness (QED) is 0.552. The minimum Gasteiger partial charge on any atom is -0.310 e. The molecule has 1 aromatic heterocycles. The number of hydrogen-bond donors (Lipinski definition) is 1. The Morgan fingerprint density at radius 2 is 1.77 bits per heavy atom. The number of nitrogens with zero attached hydrogens (tertiary/aromatic N) is 2. The van der Waals surface area contributed by atoms with Crippen molar-refractivity contribution in [1.82, 2.24) is 9.29 Å². The van der Waals surface area contributed by atoms with Gasteiger partial charge < -0.3 is 5.32 Å². The van der Waals surface area contributed by atoms with Crippen LogP contribution in [-0.2, 0) is 27.5 Å². The number of pyridine rings is 1. The largest absolute Gasteiger partial charge is 0.416 e. The van der Waals surface area contributed by atoms with Crippen LogP contribution in [0, 0.1) is 5.41 Å². The van der Waals surface area contributed by atoms with Gasteiger partial charge in [-0.25, -0.2) is 13.4 Å². The maximum Gasteiger partial charge on any atom is 0.416 e. The Morgan fingerprint density at radius 1 is 1.19 bits per heavy atom. The molecule has 2 rings (SSSR count). The number of halogens is 4. The molecule has 0 saturated carbocycles. The van der Waals surface area contributed by atoms with Gasteiger partial charge in [0.05, 0.1) is 10.5 Å². The zero-order valence-electron chi connectivity index (χ0n) is 17.4. The molecule has 0 saturated heterocycles. The molecule has 0 unspecified atom stereocenters. The van der Waals surface area contributed by atoms with Crippen molar-refractivity contribution in [3.8, 4) is 0 Å². The van der Waals surface area contributed by atoms with Crippen LogP contribution in [0.5, 0.6) is 0 Å². The molecule has 1 N–H and O–H groups in total. The third-order valence-electron chi connectivity index (χ3n) is 4.96. The lowest BCUT2D eigenvalue weighted by molar-refractivity contribution is -0.137. The lowest BCUT2D eigenvalue weighted by Crippen LogP contribution is -2.30. The maximum atomic E-state index is 12.8. The first-order valence-electron chi connectivity index (χ1n) is 9.28. The van der Waals surface area contributed by atoms with Crippen molar-refractivity contribution in [2.24, 2.45) is 5.41 Å². The van der Waals surface area contributed by atoms with E-state index in [4.69, 9.17) is 0 Å². The van der Waals surface area contributed by atoms with E-state index in [0.29, 0.717) is 16.5 Å². The van der Waals surface area contributed by atoms with Crippen molar-refractivity contribution in [2.45, 2.75) is 44.8 Å². The fraction of sp³-hybridized carbons (Fsp3) is 0.400. The molecular formula is C20H23BrF3N3O3S. The van der Waals surface area contributed by atoms with Crippen LogP contribution in [0.2, 0.25) is 0 Å². The molecule has 0 aliphatic rings. The monoisotopic (exact) mass is 521 g/mol. The lowest BCUT2D eigenvalue weighted by atomic mass is 9.89. The van der Waals surface area contributed by atoms with Gasteiger partial charge in [0, 0.05) is 29.7 Å². The average molecular weight is 522 g/mol. The summed E-state index contributed by atoms with van der Waals surface area (Å²) in [5.74, 6) is 0.0477. The first-order valence-corrected chi connectivity index (χ1v) is 11.5. The molecular weight excluding hydrogens is 499 g/mol. The third-order valence-corrected chi connectivity index (χ3v) is 7.49. The first kappa shape index (κ1) is 25.3. The van der Waals surface area contributed by atoms with Gasteiger partial charge in [0.1, 0.15) is 5.82 Å². The summed E-state index contributed by atoms with van der Waals surface area (Å²) in [6.45, 7) is 5.40. The zero-order valence-corrected chi connectivity index (χ0v) is 19.8. The minimum atomic E-state index is -4.55. The molecule has 1 aromatic carbocycles.